The van der Waals surface area contributed by atoms with Gasteiger partial charge in [0.2, 0.25) is 17.0 Å². The minimum absolute atomic E-state index is 0.0567. The van der Waals surface area contributed by atoms with Gasteiger partial charge in [-0.2, -0.15) is 4.98 Å². The molecule has 0 spiro atoms. The van der Waals surface area contributed by atoms with Crippen molar-refractivity contribution >= 4 is 23.1 Å². The van der Waals surface area contributed by atoms with Gasteiger partial charge in [-0.15, -0.1) is 0 Å². The molecule has 2 rings (SSSR count). The van der Waals surface area contributed by atoms with E-state index in [1.807, 2.05) is 0 Å². The second-order valence-electron chi connectivity index (χ2n) is 4.06. The second-order valence-corrected chi connectivity index (χ2v) is 4.40. The predicted octanol–water partition coefficient (Wildman–Crippen LogP) is 2.36. The fourth-order valence-corrected chi connectivity index (χ4v) is 2.01. The molecule has 0 amide bonds. The average molecular weight is 310 g/mol. The largest absolute Gasteiger partial charge is 0.481 e. The Bertz CT molecular complexity index is 680. The van der Waals surface area contributed by atoms with Gasteiger partial charge >= 0.3 is 5.69 Å². The van der Waals surface area contributed by atoms with Crippen LogP contribution in [-0.2, 0) is 6.54 Å². The standard InChI is InChI=1S/C12H12ClN5O3/c1-7-9(18(19)20)10(17-12(13)16-7)15-6-8-4-3-5-14-11(8)21-2/h3-5H,6H2,1-2H3,(H,15,16,17). The summed E-state index contributed by atoms with van der Waals surface area (Å²) in [5.41, 5.74) is 0.726. The summed E-state index contributed by atoms with van der Waals surface area (Å²) in [5.74, 6) is 0.493. The highest BCUT2D eigenvalue weighted by Gasteiger charge is 2.21. The minimum Gasteiger partial charge on any atom is -0.481 e. The molecular formula is C12H12ClN5O3. The van der Waals surface area contributed by atoms with E-state index in [9.17, 15) is 10.1 Å². The van der Waals surface area contributed by atoms with Crippen molar-refractivity contribution in [2.45, 2.75) is 13.5 Å². The molecule has 0 aliphatic heterocycles. The van der Waals surface area contributed by atoms with Gasteiger partial charge in [-0.1, -0.05) is 6.07 Å². The third-order valence-electron chi connectivity index (χ3n) is 2.70. The molecule has 0 aliphatic rings. The molecule has 9 heteroatoms. The van der Waals surface area contributed by atoms with E-state index in [0.717, 1.165) is 5.56 Å². The number of methoxy groups -OCH3 is 1. The normalized spacial score (nSPS) is 10.2. The summed E-state index contributed by atoms with van der Waals surface area (Å²) in [6.07, 6.45) is 1.59. The molecule has 0 radical (unpaired) electrons. The highest BCUT2D eigenvalue weighted by atomic mass is 35.5. The smallest absolute Gasteiger partial charge is 0.332 e. The Hall–Kier alpha value is -2.48. The van der Waals surface area contributed by atoms with Gasteiger partial charge in [0.25, 0.3) is 0 Å². The number of halogens is 1. The number of nitro groups is 1. The zero-order valence-electron chi connectivity index (χ0n) is 11.3. The topological polar surface area (TPSA) is 103 Å². The van der Waals surface area contributed by atoms with Gasteiger partial charge in [-0.3, -0.25) is 10.1 Å². The van der Waals surface area contributed by atoms with Crippen LogP contribution in [0.2, 0.25) is 5.28 Å². The van der Waals surface area contributed by atoms with E-state index < -0.39 is 4.92 Å². The maximum atomic E-state index is 11.1. The van der Waals surface area contributed by atoms with Gasteiger partial charge in [-0.25, -0.2) is 9.97 Å². The third kappa shape index (κ3) is 3.34. The first kappa shape index (κ1) is 14.9. The van der Waals surface area contributed by atoms with Gasteiger partial charge in [0.1, 0.15) is 5.69 Å². The molecule has 2 aromatic rings. The molecule has 0 saturated heterocycles. The Morgan fingerprint density at radius 2 is 2.24 bits per heavy atom. The number of nitrogens with one attached hydrogen (secondary N) is 1. The molecule has 0 aliphatic carbocycles. The highest BCUT2D eigenvalue weighted by molar-refractivity contribution is 6.28. The molecule has 8 nitrogen and oxygen atoms in total. The zero-order valence-corrected chi connectivity index (χ0v) is 12.1. The summed E-state index contributed by atoms with van der Waals surface area (Å²) in [4.78, 5) is 22.2. The number of aryl methyl sites for hydroxylation is 1. The van der Waals surface area contributed by atoms with Crippen LogP contribution in [0.5, 0.6) is 5.88 Å². The molecule has 0 atom stereocenters. The maximum Gasteiger partial charge on any atom is 0.332 e. The number of anilines is 1. The molecule has 0 fully saturated rings. The molecule has 1 N–H and O–H groups in total. The number of rotatable bonds is 5. The lowest BCUT2D eigenvalue weighted by molar-refractivity contribution is -0.385. The molecule has 0 aromatic carbocycles. The Balaban J connectivity index is 2.30. The van der Waals surface area contributed by atoms with Crippen LogP contribution < -0.4 is 10.1 Å². The monoisotopic (exact) mass is 309 g/mol. The molecule has 2 aromatic heterocycles. The highest BCUT2D eigenvalue weighted by Crippen LogP contribution is 2.27. The number of hydrogen-bond acceptors (Lipinski definition) is 7. The predicted molar refractivity (Wildman–Crippen MR) is 76.5 cm³/mol. The van der Waals surface area contributed by atoms with Crippen LogP contribution in [0.3, 0.4) is 0 Å². The summed E-state index contributed by atoms with van der Waals surface area (Å²) in [6.45, 7) is 1.76. The molecule has 110 valence electrons. The van der Waals surface area contributed by atoms with Gasteiger partial charge in [0.05, 0.1) is 12.0 Å². The Morgan fingerprint density at radius 3 is 2.90 bits per heavy atom. The summed E-state index contributed by atoms with van der Waals surface area (Å²) < 4.78 is 5.12. The van der Waals surface area contributed by atoms with Crippen molar-refractivity contribution < 1.29 is 9.66 Å². The second kappa shape index (κ2) is 6.31. The van der Waals surface area contributed by atoms with Crippen LogP contribution in [0.1, 0.15) is 11.3 Å². The lowest BCUT2D eigenvalue weighted by Crippen LogP contribution is -2.08. The van der Waals surface area contributed by atoms with E-state index in [0.29, 0.717) is 5.88 Å². The maximum absolute atomic E-state index is 11.1. The van der Waals surface area contributed by atoms with Crippen molar-refractivity contribution in [2.24, 2.45) is 0 Å². The van der Waals surface area contributed by atoms with Crippen LogP contribution in [0, 0.1) is 17.0 Å². The van der Waals surface area contributed by atoms with E-state index in [1.165, 1.54) is 14.0 Å². The zero-order chi connectivity index (χ0) is 15.4. The molecule has 2 heterocycles. The van der Waals surface area contributed by atoms with Crippen molar-refractivity contribution in [3.63, 3.8) is 0 Å². The summed E-state index contributed by atoms with van der Waals surface area (Å²) in [7, 11) is 1.50. The van der Waals surface area contributed by atoms with Crippen LogP contribution in [-0.4, -0.2) is 27.0 Å². The molecule has 0 bridgehead atoms. The summed E-state index contributed by atoms with van der Waals surface area (Å²) in [6, 6.07) is 3.53. The number of ether oxygens (including phenoxy) is 1. The van der Waals surface area contributed by atoms with Gasteiger partial charge in [0, 0.05) is 18.3 Å². The van der Waals surface area contributed by atoms with Gasteiger partial charge in [0.15, 0.2) is 0 Å². The molecule has 0 unspecified atom stereocenters. The van der Waals surface area contributed by atoms with Crippen LogP contribution >= 0.6 is 11.6 Å². The first-order chi connectivity index (χ1) is 10.0. The van der Waals surface area contributed by atoms with Crippen LogP contribution in [0.25, 0.3) is 0 Å². The quantitative estimate of drug-likeness (QED) is 0.513. The third-order valence-corrected chi connectivity index (χ3v) is 2.87. The number of nitrogens with zero attached hydrogens (tertiary/aromatic N) is 4. The van der Waals surface area contributed by atoms with E-state index in [2.05, 4.69) is 20.3 Å². The number of pyridine rings is 1. The fraction of sp³-hybridized carbons (Fsp3) is 0.250. The number of hydrogen-bond donors (Lipinski definition) is 1. The van der Waals surface area contributed by atoms with Crippen LogP contribution in [0.4, 0.5) is 11.5 Å². The Morgan fingerprint density at radius 1 is 1.48 bits per heavy atom. The van der Waals surface area contributed by atoms with E-state index in [-0.39, 0.29) is 29.0 Å². The Kier molecular flexibility index (Phi) is 4.49. The van der Waals surface area contributed by atoms with Crippen molar-refractivity contribution in [3.8, 4) is 5.88 Å². The lowest BCUT2D eigenvalue weighted by atomic mass is 10.2. The van der Waals surface area contributed by atoms with E-state index >= 15 is 0 Å². The Labute approximate surface area is 125 Å². The summed E-state index contributed by atoms with van der Waals surface area (Å²) >= 11 is 5.75. The SMILES string of the molecule is COc1ncccc1CNc1nc(Cl)nc(C)c1[N+](=O)[O-]. The van der Waals surface area contributed by atoms with Gasteiger partial charge < -0.3 is 10.1 Å². The first-order valence-electron chi connectivity index (χ1n) is 5.93. The van der Waals surface area contributed by atoms with Crippen molar-refractivity contribution in [2.75, 3.05) is 12.4 Å². The molecule has 21 heavy (non-hydrogen) atoms. The van der Waals surface area contributed by atoms with Crippen LogP contribution in [0.15, 0.2) is 18.3 Å². The minimum atomic E-state index is -0.547. The first-order valence-corrected chi connectivity index (χ1v) is 6.31. The van der Waals surface area contributed by atoms with Crippen molar-refractivity contribution in [1.82, 2.24) is 15.0 Å². The average Bonchev–Trinajstić information content (AvgIpc) is 2.44. The van der Waals surface area contributed by atoms with Crippen molar-refractivity contribution in [3.05, 3.63) is 45.0 Å². The van der Waals surface area contributed by atoms with Gasteiger partial charge in [-0.05, 0) is 24.6 Å². The molecular weight excluding hydrogens is 298 g/mol. The summed E-state index contributed by atoms with van der Waals surface area (Å²) in [5, 5.41) is 13.9. The number of aromatic nitrogens is 3. The lowest BCUT2D eigenvalue weighted by Gasteiger charge is -2.10. The van der Waals surface area contributed by atoms with Crippen molar-refractivity contribution in [1.29, 1.82) is 0 Å². The van der Waals surface area contributed by atoms with E-state index in [4.69, 9.17) is 16.3 Å². The van der Waals surface area contributed by atoms with E-state index in [1.54, 1.807) is 18.3 Å². The fourth-order valence-electron chi connectivity index (χ4n) is 1.80. The molecule has 0 saturated carbocycles.